The Balaban J connectivity index is 2.39. The lowest BCUT2D eigenvalue weighted by molar-refractivity contribution is 0.496. The highest BCUT2D eigenvalue weighted by atomic mass is 14.4. The number of hydrogen-bond acceptors (Lipinski definition) is 1. The Morgan fingerprint density at radius 1 is 1.14 bits per heavy atom. The lowest BCUT2D eigenvalue weighted by atomic mass is 9.73. The van der Waals surface area contributed by atoms with Crippen molar-refractivity contribution in [1.82, 2.24) is 0 Å². The molecule has 1 aromatic carbocycles. The number of nitrogens with zero attached hydrogens (tertiary/aromatic N) is 1. The van der Waals surface area contributed by atoms with Crippen LogP contribution in [-0.4, -0.2) is 0 Å². The van der Waals surface area contributed by atoms with Gasteiger partial charge in [0.15, 0.2) is 0 Å². The van der Waals surface area contributed by atoms with Crippen molar-refractivity contribution in [3.63, 3.8) is 0 Å². The normalized spacial score (nSPS) is 25.6. The molecule has 1 heteroatoms. The Labute approximate surface area is 84.7 Å². The fourth-order valence-electron chi connectivity index (χ4n) is 2.02. The fourth-order valence-corrected chi connectivity index (χ4v) is 2.02. The lowest BCUT2D eigenvalue weighted by Crippen LogP contribution is -2.24. The molecule has 0 bridgehead atoms. The van der Waals surface area contributed by atoms with Crippen molar-refractivity contribution in [3.8, 4) is 6.07 Å². The fraction of sp³-hybridized carbons (Fsp3) is 0.308. The summed E-state index contributed by atoms with van der Waals surface area (Å²) in [6, 6.07) is 12.6. The molecular weight excluding hydrogens is 170 g/mol. The standard InChI is InChI=1S/C13H13N/c14-11-13(9-5-2-6-10-13)12-7-3-1-4-8-12/h1-5,7-8H,6,9-10H2. The van der Waals surface area contributed by atoms with Gasteiger partial charge < -0.3 is 0 Å². The monoisotopic (exact) mass is 183 g/mol. The van der Waals surface area contributed by atoms with Crippen LogP contribution in [0.3, 0.4) is 0 Å². The van der Waals surface area contributed by atoms with Gasteiger partial charge in [0, 0.05) is 0 Å². The maximum atomic E-state index is 9.31. The van der Waals surface area contributed by atoms with E-state index in [1.807, 2.05) is 18.2 Å². The van der Waals surface area contributed by atoms with Gasteiger partial charge in [-0.25, -0.2) is 0 Å². The van der Waals surface area contributed by atoms with E-state index in [1.54, 1.807) is 0 Å². The Hall–Kier alpha value is -1.55. The van der Waals surface area contributed by atoms with Crippen LogP contribution >= 0.6 is 0 Å². The van der Waals surface area contributed by atoms with Gasteiger partial charge in [-0.15, -0.1) is 0 Å². The Bertz CT molecular complexity index is 372. The molecule has 2 rings (SSSR count). The summed E-state index contributed by atoms with van der Waals surface area (Å²) in [6.45, 7) is 0. The zero-order valence-electron chi connectivity index (χ0n) is 8.11. The van der Waals surface area contributed by atoms with Crippen LogP contribution in [0.2, 0.25) is 0 Å². The molecule has 0 spiro atoms. The second kappa shape index (κ2) is 3.67. The molecule has 0 aromatic heterocycles. The average Bonchev–Trinajstić information content (AvgIpc) is 2.31. The first kappa shape index (κ1) is 9.02. The van der Waals surface area contributed by atoms with Crippen LogP contribution in [0.5, 0.6) is 0 Å². The van der Waals surface area contributed by atoms with Crippen molar-refractivity contribution >= 4 is 0 Å². The Kier molecular flexibility index (Phi) is 2.37. The van der Waals surface area contributed by atoms with Gasteiger partial charge in [0.25, 0.3) is 0 Å². The Morgan fingerprint density at radius 3 is 2.50 bits per heavy atom. The minimum absolute atomic E-state index is 0.268. The van der Waals surface area contributed by atoms with Crippen molar-refractivity contribution < 1.29 is 0 Å². The second-order valence-corrected chi connectivity index (χ2v) is 3.77. The van der Waals surface area contributed by atoms with E-state index in [0.717, 1.165) is 24.8 Å². The topological polar surface area (TPSA) is 23.8 Å². The van der Waals surface area contributed by atoms with Gasteiger partial charge in [-0.1, -0.05) is 42.5 Å². The smallest absolute Gasteiger partial charge is 0.0859 e. The van der Waals surface area contributed by atoms with Crippen molar-refractivity contribution in [2.75, 3.05) is 0 Å². The van der Waals surface area contributed by atoms with E-state index in [4.69, 9.17) is 0 Å². The molecule has 14 heavy (non-hydrogen) atoms. The molecule has 0 radical (unpaired) electrons. The minimum atomic E-state index is -0.268. The highest BCUT2D eigenvalue weighted by Gasteiger charge is 2.31. The van der Waals surface area contributed by atoms with Crippen molar-refractivity contribution in [3.05, 3.63) is 48.0 Å². The number of nitriles is 1. The van der Waals surface area contributed by atoms with E-state index in [1.165, 1.54) is 0 Å². The summed E-state index contributed by atoms with van der Waals surface area (Å²) >= 11 is 0. The second-order valence-electron chi connectivity index (χ2n) is 3.77. The van der Waals surface area contributed by atoms with Crippen LogP contribution in [0.4, 0.5) is 0 Å². The maximum Gasteiger partial charge on any atom is 0.0859 e. The average molecular weight is 183 g/mol. The minimum Gasteiger partial charge on any atom is -0.197 e. The van der Waals surface area contributed by atoms with Crippen LogP contribution < -0.4 is 0 Å². The summed E-state index contributed by atoms with van der Waals surface area (Å²) in [5, 5.41) is 9.31. The Morgan fingerprint density at radius 2 is 1.93 bits per heavy atom. The molecule has 1 aliphatic rings. The molecule has 1 aliphatic carbocycles. The van der Waals surface area contributed by atoms with E-state index in [-0.39, 0.29) is 5.41 Å². The molecular formula is C13H13N. The van der Waals surface area contributed by atoms with Crippen LogP contribution in [0.15, 0.2) is 42.5 Å². The van der Waals surface area contributed by atoms with Gasteiger partial charge in [0.05, 0.1) is 11.5 Å². The number of hydrogen-bond donors (Lipinski definition) is 0. The molecule has 0 fully saturated rings. The predicted octanol–water partition coefficient (Wildman–Crippen LogP) is 3.19. The van der Waals surface area contributed by atoms with Gasteiger partial charge in [0.2, 0.25) is 0 Å². The zero-order chi connectivity index (χ0) is 9.86. The first-order chi connectivity index (χ1) is 6.87. The van der Waals surface area contributed by atoms with Crippen LogP contribution in [0.1, 0.15) is 24.8 Å². The maximum absolute atomic E-state index is 9.31. The molecule has 1 unspecified atom stereocenters. The van der Waals surface area contributed by atoms with Crippen LogP contribution in [0.25, 0.3) is 0 Å². The van der Waals surface area contributed by atoms with Gasteiger partial charge in [-0.3, -0.25) is 0 Å². The molecule has 1 atom stereocenters. The molecule has 0 N–H and O–H groups in total. The largest absolute Gasteiger partial charge is 0.197 e. The van der Waals surface area contributed by atoms with E-state index < -0.39 is 0 Å². The van der Waals surface area contributed by atoms with Crippen LogP contribution in [-0.2, 0) is 5.41 Å². The molecule has 0 aliphatic heterocycles. The van der Waals surface area contributed by atoms with E-state index in [2.05, 4.69) is 30.4 Å². The van der Waals surface area contributed by atoms with Crippen LogP contribution in [0, 0.1) is 11.3 Å². The molecule has 0 saturated heterocycles. The molecule has 0 saturated carbocycles. The van der Waals surface area contributed by atoms with Gasteiger partial charge in [-0.05, 0) is 24.8 Å². The van der Waals surface area contributed by atoms with Crippen molar-refractivity contribution in [2.24, 2.45) is 0 Å². The third-order valence-corrected chi connectivity index (χ3v) is 2.91. The molecule has 0 heterocycles. The molecule has 70 valence electrons. The number of rotatable bonds is 1. The number of benzene rings is 1. The summed E-state index contributed by atoms with van der Waals surface area (Å²) < 4.78 is 0. The molecule has 1 aromatic rings. The van der Waals surface area contributed by atoms with Crippen molar-refractivity contribution in [1.29, 1.82) is 5.26 Å². The third-order valence-electron chi connectivity index (χ3n) is 2.91. The summed E-state index contributed by atoms with van der Waals surface area (Å²) in [5.41, 5.74) is 0.891. The molecule has 0 amide bonds. The first-order valence-electron chi connectivity index (χ1n) is 4.99. The highest BCUT2D eigenvalue weighted by Crippen LogP contribution is 2.35. The summed E-state index contributed by atoms with van der Waals surface area (Å²) in [7, 11) is 0. The lowest BCUT2D eigenvalue weighted by Gasteiger charge is -2.27. The third kappa shape index (κ3) is 1.44. The van der Waals surface area contributed by atoms with E-state index in [9.17, 15) is 5.26 Å². The summed E-state index contributed by atoms with van der Waals surface area (Å²) in [6.07, 6.45) is 7.11. The molecule has 1 nitrogen and oxygen atoms in total. The van der Waals surface area contributed by atoms with Gasteiger partial charge in [0.1, 0.15) is 0 Å². The van der Waals surface area contributed by atoms with Crippen molar-refractivity contribution in [2.45, 2.75) is 24.7 Å². The number of allylic oxidation sites excluding steroid dienone is 2. The summed E-state index contributed by atoms with van der Waals surface area (Å²) in [5.74, 6) is 0. The highest BCUT2D eigenvalue weighted by molar-refractivity contribution is 5.34. The van der Waals surface area contributed by atoms with Gasteiger partial charge >= 0.3 is 0 Å². The van der Waals surface area contributed by atoms with E-state index >= 15 is 0 Å². The quantitative estimate of drug-likeness (QED) is 0.613. The summed E-state index contributed by atoms with van der Waals surface area (Å²) in [4.78, 5) is 0. The predicted molar refractivity (Wildman–Crippen MR) is 56.7 cm³/mol. The first-order valence-corrected chi connectivity index (χ1v) is 4.99. The SMILES string of the molecule is N#CC1(c2ccccc2)CC=CCC1. The zero-order valence-corrected chi connectivity index (χ0v) is 8.11. The van der Waals surface area contributed by atoms with E-state index in [0.29, 0.717) is 0 Å². The van der Waals surface area contributed by atoms with Gasteiger partial charge in [-0.2, -0.15) is 5.26 Å².